The van der Waals surface area contributed by atoms with Gasteiger partial charge in [-0.15, -0.1) is 12.3 Å². The second-order valence-electron chi connectivity index (χ2n) is 3.37. The Bertz CT molecular complexity index is 287. The van der Waals surface area contributed by atoms with Crippen LogP contribution in [0.5, 0.6) is 0 Å². The van der Waals surface area contributed by atoms with Crippen molar-refractivity contribution < 1.29 is 176 Å². The predicted octanol–water partition coefficient (Wildman–Crippen LogP) is -6.60. The van der Waals surface area contributed by atoms with Gasteiger partial charge in [0.2, 0.25) is 0 Å². The van der Waals surface area contributed by atoms with Gasteiger partial charge in [-0.1, -0.05) is 19.7 Å². The summed E-state index contributed by atoms with van der Waals surface area (Å²) in [5, 5.41) is 8.00. The summed E-state index contributed by atoms with van der Waals surface area (Å²) in [6.07, 6.45) is 0.417. The average molecular weight is 363 g/mol. The van der Waals surface area contributed by atoms with Crippen LogP contribution in [0, 0.1) is 32.6 Å². The first kappa shape index (κ1) is 31.5. The summed E-state index contributed by atoms with van der Waals surface area (Å²) in [5.74, 6) is -3.98. The van der Waals surface area contributed by atoms with E-state index in [4.69, 9.17) is 7.85 Å². The Labute approximate surface area is 254 Å². The maximum absolute atomic E-state index is 10.2. The molecule has 4 nitrogen and oxygen atoms in total. The molecule has 0 aromatic carbocycles. The summed E-state index contributed by atoms with van der Waals surface area (Å²) < 4.78 is 13.6. The van der Waals surface area contributed by atoms with E-state index < -0.39 is 17.8 Å². The van der Waals surface area contributed by atoms with Gasteiger partial charge in [0, 0.05) is 2.74 Å². The van der Waals surface area contributed by atoms with Crippen molar-refractivity contribution in [3.63, 3.8) is 0 Å². The molecule has 0 bridgehead atoms. The quantitative estimate of drug-likeness (QED) is 0.400. The minimum Gasteiger partial charge on any atom is -0.483 e. The minimum absolute atomic E-state index is 0. The number of Topliss-reactive ketones (excluding diaryl/α,β-unsaturated/α-hetero) is 2. The molecule has 2 atom stereocenters. The number of carbonyl (C=O) groups excluding carboxylic acids is 2. The van der Waals surface area contributed by atoms with Crippen molar-refractivity contribution in [2.75, 3.05) is 0 Å². The number of hydrogen-bond acceptors (Lipinski definition) is 3. The molecule has 0 aliphatic rings. The monoisotopic (exact) mass is 362 g/mol. The van der Waals surface area contributed by atoms with Crippen LogP contribution in [0.25, 0.3) is 0 Å². The molecule has 0 rings (SSSR count). The zero-order valence-electron chi connectivity index (χ0n) is 16.0. The SMILES string of the molecule is [2H]C([CH2-])(C)C(=O)O.[2H]C([CH2-])(C)C(C)=O.[CH2-]CC(C)=O.[K+].[K+].[K+]. The summed E-state index contributed by atoms with van der Waals surface area (Å²) >= 11 is 0. The third-order valence-corrected chi connectivity index (χ3v) is 1.32. The van der Waals surface area contributed by atoms with Crippen molar-refractivity contribution in [3.8, 4) is 0 Å². The Balaban J connectivity index is -0.0000000414. The fraction of sp³-hybridized carbons (Fsp3) is 0.538. The summed E-state index contributed by atoms with van der Waals surface area (Å²) in [5.41, 5.74) is 0. The smallest absolute Gasteiger partial charge is 0.483 e. The zero-order valence-corrected chi connectivity index (χ0v) is 23.4. The van der Waals surface area contributed by atoms with Gasteiger partial charge in [0.25, 0.3) is 5.97 Å². The van der Waals surface area contributed by atoms with Gasteiger partial charge >= 0.3 is 154 Å². The van der Waals surface area contributed by atoms with Crippen LogP contribution in [-0.4, -0.2) is 22.6 Å². The molecule has 0 aliphatic heterocycles. The van der Waals surface area contributed by atoms with Crippen LogP contribution < -0.4 is 154 Å². The molecule has 20 heavy (non-hydrogen) atoms. The molecule has 0 aromatic heterocycles. The van der Waals surface area contributed by atoms with Gasteiger partial charge in [0.1, 0.15) is 5.78 Å². The van der Waals surface area contributed by atoms with Crippen molar-refractivity contribution in [2.24, 2.45) is 11.8 Å². The molecule has 0 heterocycles. The summed E-state index contributed by atoms with van der Waals surface area (Å²) in [7, 11) is 0. The van der Waals surface area contributed by atoms with Crippen LogP contribution in [0.1, 0.15) is 36.9 Å². The second-order valence-corrected chi connectivity index (χ2v) is 3.37. The van der Waals surface area contributed by atoms with Gasteiger partial charge in [0.05, 0.1) is 5.78 Å². The summed E-state index contributed by atoms with van der Waals surface area (Å²) in [4.78, 5) is 29.7. The molecule has 0 amide bonds. The van der Waals surface area contributed by atoms with Crippen molar-refractivity contribution in [2.45, 2.75) is 34.1 Å². The van der Waals surface area contributed by atoms with Gasteiger partial charge in [-0.2, -0.15) is 0 Å². The van der Waals surface area contributed by atoms with Crippen molar-refractivity contribution >= 4 is 17.5 Å². The first-order valence-electron chi connectivity index (χ1n) is 5.90. The second kappa shape index (κ2) is 27.6. The van der Waals surface area contributed by atoms with E-state index in [1.165, 1.54) is 27.7 Å². The van der Waals surface area contributed by atoms with Gasteiger partial charge in [0.15, 0.2) is 0 Å². The molecule has 0 aliphatic carbocycles. The molecule has 0 saturated carbocycles. The molecule has 0 spiro atoms. The average Bonchev–Trinajstić information content (AvgIpc) is 2.16. The molecular weight excluding hydrogens is 337 g/mol. The number of aliphatic carboxylic acids is 1. The Morgan fingerprint density at radius 2 is 1.20 bits per heavy atom. The number of carboxylic acid groups (broad SMARTS) is 1. The Morgan fingerprint density at radius 3 is 1.20 bits per heavy atom. The molecular formula is C13H23K3O4. The maximum Gasteiger partial charge on any atom is 1.00 e. The summed E-state index contributed by atoms with van der Waals surface area (Å²) in [6, 6.07) is 0. The largest absolute Gasteiger partial charge is 1.00 e. The number of carbonyl (C=O) groups is 3. The predicted molar refractivity (Wildman–Crippen MR) is 68.0 cm³/mol. The van der Waals surface area contributed by atoms with E-state index in [9.17, 15) is 14.4 Å². The van der Waals surface area contributed by atoms with Gasteiger partial charge in [-0.25, -0.2) is 0 Å². The number of hydrogen-bond donors (Lipinski definition) is 1. The first-order chi connectivity index (χ1) is 8.16. The van der Waals surface area contributed by atoms with Crippen LogP contribution in [0.15, 0.2) is 0 Å². The minimum atomic E-state index is -1.58. The molecule has 1 N–H and O–H groups in total. The Hall–Kier alpha value is 3.72. The zero-order chi connectivity index (χ0) is 16.4. The molecule has 102 valence electrons. The van der Waals surface area contributed by atoms with E-state index in [0.29, 0.717) is 6.42 Å². The molecule has 0 fully saturated rings. The standard InChI is InChI=1S/C5H9O.C4H7O2.C4H7O.3K/c1-4(2)5(3)6;1-3(2)4(5)6;1-3-4(2)5;;;/h4H,1H2,2-3H3;3H,1H2,2H3,(H,5,6);1,3H2,2H3;;;/q3*-1;3*+1/i4D;3D;;;;. The van der Waals surface area contributed by atoms with E-state index in [2.05, 4.69) is 20.8 Å². The fourth-order valence-corrected chi connectivity index (χ4v) is 0. The maximum atomic E-state index is 10.2. The number of carboxylic acids is 1. The molecule has 0 radical (unpaired) electrons. The molecule has 2 unspecified atom stereocenters. The van der Waals surface area contributed by atoms with Gasteiger partial charge < -0.3 is 35.5 Å². The molecule has 0 aromatic rings. The van der Waals surface area contributed by atoms with E-state index in [-0.39, 0.29) is 166 Å². The van der Waals surface area contributed by atoms with Crippen LogP contribution in [-0.2, 0) is 14.4 Å². The number of ketones is 2. The molecule has 7 heteroatoms. The first-order valence-corrected chi connectivity index (χ1v) is 4.90. The van der Waals surface area contributed by atoms with Crippen LogP contribution in [0.4, 0.5) is 0 Å². The third-order valence-electron chi connectivity index (χ3n) is 1.32. The van der Waals surface area contributed by atoms with Crippen LogP contribution in [0.3, 0.4) is 0 Å². The van der Waals surface area contributed by atoms with Crippen molar-refractivity contribution in [3.05, 3.63) is 20.8 Å². The number of rotatable bonds is 3. The fourth-order valence-electron chi connectivity index (χ4n) is 0. The van der Waals surface area contributed by atoms with Crippen molar-refractivity contribution in [1.82, 2.24) is 0 Å². The Morgan fingerprint density at radius 1 is 1.05 bits per heavy atom. The topological polar surface area (TPSA) is 71.4 Å². The Kier molecular flexibility index (Phi) is 43.4. The normalized spacial score (nSPS) is 14.8. The summed E-state index contributed by atoms with van der Waals surface area (Å²) in [6.45, 7) is 15.2. The van der Waals surface area contributed by atoms with E-state index in [0.717, 1.165) is 0 Å². The van der Waals surface area contributed by atoms with E-state index in [1.807, 2.05) is 0 Å². The molecule has 0 saturated heterocycles. The van der Waals surface area contributed by atoms with E-state index >= 15 is 0 Å². The van der Waals surface area contributed by atoms with Crippen LogP contribution in [0.2, 0.25) is 0 Å². The third kappa shape index (κ3) is 49.5. The van der Waals surface area contributed by atoms with Crippen molar-refractivity contribution in [1.29, 1.82) is 0 Å². The van der Waals surface area contributed by atoms with E-state index in [1.54, 1.807) is 0 Å². The van der Waals surface area contributed by atoms with Gasteiger partial charge in [-0.3, -0.25) is 4.79 Å². The van der Waals surface area contributed by atoms with Gasteiger partial charge in [-0.05, 0) is 13.8 Å². The van der Waals surface area contributed by atoms with Crippen LogP contribution >= 0.6 is 0 Å².